The lowest BCUT2D eigenvalue weighted by atomic mass is 10.2. The highest BCUT2D eigenvalue weighted by molar-refractivity contribution is 5.81. The van der Waals surface area contributed by atoms with Crippen molar-refractivity contribution in [2.45, 2.75) is 20.4 Å². The molecule has 0 saturated heterocycles. The minimum atomic E-state index is 0.726. The van der Waals surface area contributed by atoms with Gasteiger partial charge in [0.15, 0.2) is 0 Å². The van der Waals surface area contributed by atoms with Gasteiger partial charge in [-0.1, -0.05) is 13.8 Å². The van der Waals surface area contributed by atoms with Crippen LogP contribution in [0.15, 0.2) is 30.5 Å². The highest BCUT2D eigenvalue weighted by Crippen LogP contribution is 2.17. The maximum Gasteiger partial charge on any atom is 0.0991 e. The number of nitrogens with zero attached hydrogens (tertiary/aromatic N) is 3. The summed E-state index contributed by atoms with van der Waals surface area (Å²) in [6, 6.07) is 10.1. The minimum absolute atomic E-state index is 0.726. The number of likely N-dealkylation sites (N-methyl/N-ethyl adjacent to an activating group) is 1. The number of nitriles is 1. The molecule has 0 spiro atoms. The zero-order valence-electron chi connectivity index (χ0n) is 11.1. The molecule has 0 atom stereocenters. The van der Waals surface area contributed by atoms with Crippen molar-refractivity contribution >= 4 is 10.9 Å². The van der Waals surface area contributed by atoms with Crippen molar-refractivity contribution in [1.82, 2.24) is 9.47 Å². The van der Waals surface area contributed by atoms with E-state index in [9.17, 15) is 0 Å². The molecule has 0 aliphatic carbocycles. The van der Waals surface area contributed by atoms with Gasteiger partial charge in [-0.3, -0.25) is 0 Å². The molecular weight excluding hydrogens is 222 g/mol. The van der Waals surface area contributed by atoms with Gasteiger partial charge in [-0.05, 0) is 37.4 Å². The Labute approximate surface area is 108 Å². The summed E-state index contributed by atoms with van der Waals surface area (Å²) in [5.74, 6) is 0. The van der Waals surface area contributed by atoms with Crippen LogP contribution in [0, 0.1) is 11.3 Å². The molecule has 18 heavy (non-hydrogen) atoms. The second-order valence-corrected chi connectivity index (χ2v) is 4.42. The van der Waals surface area contributed by atoms with Crippen LogP contribution < -0.4 is 0 Å². The van der Waals surface area contributed by atoms with E-state index in [-0.39, 0.29) is 0 Å². The van der Waals surface area contributed by atoms with Gasteiger partial charge in [-0.2, -0.15) is 5.26 Å². The van der Waals surface area contributed by atoms with Crippen LogP contribution in [-0.4, -0.2) is 29.1 Å². The topological polar surface area (TPSA) is 32.0 Å². The molecule has 2 aromatic rings. The van der Waals surface area contributed by atoms with Gasteiger partial charge < -0.3 is 9.47 Å². The molecule has 1 aromatic carbocycles. The van der Waals surface area contributed by atoms with Crippen LogP contribution in [0.5, 0.6) is 0 Å². The monoisotopic (exact) mass is 241 g/mol. The van der Waals surface area contributed by atoms with E-state index in [1.807, 2.05) is 18.2 Å². The van der Waals surface area contributed by atoms with Crippen molar-refractivity contribution < 1.29 is 0 Å². The van der Waals surface area contributed by atoms with Gasteiger partial charge in [0.25, 0.3) is 0 Å². The van der Waals surface area contributed by atoms with Gasteiger partial charge in [0.05, 0.1) is 11.6 Å². The van der Waals surface area contributed by atoms with Crippen molar-refractivity contribution in [1.29, 1.82) is 5.26 Å². The van der Waals surface area contributed by atoms with E-state index in [4.69, 9.17) is 5.26 Å². The fourth-order valence-electron chi connectivity index (χ4n) is 2.25. The molecule has 0 aliphatic rings. The Morgan fingerprint density at radius 3 is 2.67 bits per heavy atom. The summed E-state index contributed by atoms with van der Waals surface area (Å²) in [6.07, 6.45) is 2.11. The molecule has 0 bridgehead atoms. The summed E-state index contributed by atoms with van der Waals surface area (Å²) < 4.78 is 2.26. The van der Waals surface area contributed by atoms with E-state index in [0.29, 0.717) is 0 Å². The molecule has 0 N–H and O–H groups in total. The third-order valence-corrected chi connectivity index (χ3v) is 3.45. The van der Waals surface area contributed by atoms with Crippen LogP contribution in [0.25, 0.3) is 10.9 Å². The van der Waals surface area contributed by atoms with Crippen molar-refractivity contribution in [2.75, 3.05) is 19.6 Å². The first kappa shape index (κ1) is 12.7. The van der Waals surface area contributed by atoms with E-state index in [1.165, 1.54) is 5.52 Å². The van der Waals surface area contributed by atoms with Crippen molar-refractivity contribution in [2.24, 2.45) is 0 Å². The fourth-order valence-corrected chi connectivity index (χ4v) is 2.25. The van der Waals surface area contributed by atoms with E-state index in [1.54, 1.807) is 0 Å². The third kappa shape index (κ3) is 2.55. The van der Waals surface area contributed by atoms with Crippen molar-refractivity contribution in [3.05, 3.63) is 36.0 Å². The number of benzene rings is 1. The van der Waals surface area contributed by atoms with E-state index in [0.717, 1.165) is 37.1 Å². The van der Waals surface area contributed by atoms with Crippen LogP contribution in [0.4, 0.5) is 0 Å². The molecule has 1 heterocycles. The first-order chi connectivity index (χ1) is 8.78. The Balaban J connectivity index is 2.17. The largest absolute Gasteiger partial charge is 0.346 e. The lowest BCUT2D eigenvalue weighted by Gasteiger charge is -2.18. The maximum atomic E-state index is 8.88. The van der Waals surface area contributed by atoms with Gasteiger partial charge in [0, 0.05) is 30.2 Å². The minimum Gasteiger partial charge on any atom is -0.346 e. The summed E-state index contributed by atoms with van der Waals surface area (Å²) in [5, 5.41) is 10.0. The first-order valence-corrected chi connectivity index (χ1v) is 6.49. The summed E-state index contributed by atoms with van der Waals surface area (Å²) in [5.41, 5.74) is 1.94. The van der Waals surface area contributed by atoms with Crippen LogP contribution in [0.2, 0.25) is 0 Å². The lowest BCUT2D eigenvalue weighted by molar-refractivity contribution is 0.292. The molecule has 0 fully saturated rings. The Morgan fingerprint density at radius 2 is 2.00 bits per heavy atom. The molecule has 0 unspecified atom stereocenters. The number of hydrogen-bond donors (Lipinski definition) is 0. The first-order valence-electron chi connectivity index (χ1n) is 6.49. The van der Waals surface area contributed by atoms with Crippen LogP contribution >= 0.6 is 0 Å². The number of fused-ring (bicyclic) bond motifs is 1. The second kappa shape index (κ2) is 5.70. The number of rotatable bonds is 5. The third-order valence-electron chi connectivity index (χ3n) is 3.45. The summed E-state index contributed by atoms with van der Waals surface area (Å²) in [4.78, 5) is 2.41. The number of hydrogen-bond acceptors (Lipinski definition) is 2. The molecule has 0 amide bonds. The van der Waals surface area contributed by atoms with E-state index >= 15 is 0 Å². The van der Waals surface area contributed by atoms with Crippen LogP contribution in [0.1, 0.15) is 19.4 Å². The van der Waals surface area contributed by atoms with E-state index in [2.05, 4.69) is 41.6 Å². The Hall–Kier alpha value is -1.79. The van der Waals surface area contributed by atoms with Crippen molar-refractivity contribution in [3.8, 4) is 6.07 Å². The van der Waals surface area contributed by atoms with Crippen molar-refractivity contribution in [3.63, 3.8) is 0 Å². The van der Waals surface area contributed by atoms with Gasteiger partial charge >= 0.3 is 0 Å². The molecule has 0 saturated carbocycles. The fraction of sp³-hybridized carbons (Fsp3) is 0.400. The average molecular weight is 241 g/mol. The smallest absolute Gasteiger partial charge is 0.0991 e. The lowest BCUT2D eigenvalue weighted by Crippen LogP contribution is -2.26. The molecule has 3 heteroatoms. The van der Waals surface area contributed by atoms with Gasteiger partial charge in [0.1, 0.15) is 0 Å². The molecular formula is C15H19N3. The maximum absolute atomic E-state index is 8.88. The van der Waals surface area contributed by atoms with Crippen LogP contribution in [-0.2, 0) is 6.54 Å². The van der Waals surface area contributed by atoms with Gasteiger partial charge in [-0.25, -0.2) is 0 Å². The highest BCUT2D eigenvalue weighted by atomic mass is 15.1. The summed E-state index contributed by atoms with van der Waals surface area (Å²) in [7, 11) is 0. The Kier molecular flexibility index (Phi) is 4.01. The predicted molar refractivity (Wildman–Crippen MR) is 74.4 cm³/mol. The quantitative estimate of drug-likeness (QED) is 0.806. The predicted octanol–water partition coefficient (Wildman–Crippen LogP) is 2.85. The molecule has 1 aromatic heterocycles. The standard InChI is InChI=1S/C15H19N3/c1-3-17(4-2)9-10-18-8-7-14-11-13(12-16)5-6-15(14)18/h5-8,11H,3-4,9-10H2,1-2H3. The zero-order chi connectivity index (χ0) is 13.0. The Bertz CT molecular complexity index is 559. The normalized spacial score (nSPS) is 11.0. The van der Waals surface area contributed by atoms with Gasteiger partial charge in [0.2, 0.25) is 0 Å². The SMILES string of the molecule is CCN(CC)CCn1ccc2cc(C#N)ccc21. The molecule has 0 radical (unpaired) electrons. The summed E-state index contributed by atoms with van der Waals surface area (Å²) >= 11 is 0. The highest BCUT2D eigenvalue weighted by Gasteiger charge is 2.04. The van der Waals surface area contributed by atoms with Gasteiger partial charge in [-0.15, -0.1) is 0 Å². The second-order valence-electron chi connectivity index (χ2n) is 4.42. The molecule has 2 rings (SSSR count). The average Bonchev–Trinajstić information content (AvgIpc) is 2.82. The molecule has 3 nitrogen and oxygen atoms in total. The molecule has 94 valence electrons. The molecule has 0 aliphatic heterocycles. The number of aromatic nitrogens is 1. The summed E-state index contributed by atoms with van der Waals surface area (Å²) in [6.45, 7) is 8.63. The zero-order valence-corrected chi connectivity index (χ0v) is 11.1. The van der Waals surface area contributed by atoms with E-state index < -0.39 is 0 Å². The van der Waals surface area contributed by atoms with Crippen LogP contribution in [0.3, 0.4) is 0 Å². The Morgan fingerprint density at radius 1 is 1.22 bits per heavy atom.